The highest BCUT2D eigenvalue weighted by molar-refractivity contribution is 7.95. The van der Waals surface area contributed by atoms with Crippen LogP contribution in [0.3, 0.4) is 0 Å². The van der Waals surface area contributed by atoms with Gasteiger partial charge in [0.15, 0.2) is 20.7 Å². The van der Waals surface area contributed by atoms with E-state index in [4.69, 9.17) is 22.1 Å². The molecule has 0 amide bonds. The first-order chi connectivity index (χ1) is 19.9. The summed E-state index contributed by atoms with van der Waals surface area (Å²) in [4.78, 5) is 15.4. The molecule has 2 aliphatic rings. The molecule has 0 bridgehead atoms. The highest BCUT2D eigenvalue weighted by Gasteiger charge is 2.28. The number of sulfone groups is 1. The lowest BCUT2D eigenvalue weighted by atomic mass is 9.87. The number of ether oxygens (including phenoxy) is 1. The molecule has 230 valence electrons. The fourth-order valence-corrected chi connectivity index (χ4v) is 6.81. The van der Waals surface area contributed by atoms with Crippen LogP contribution in [-0.2, 0) is 9.84 Å². The first kappa shape index (κ1) is 32.0. The molecule has 2 heterocycles. The Balaban J connectivity index is 1.64. The van der Waals surface area contributed by atoms with E-state index in [1.54, 1.807) is 0 Å². The molecule has 12 heteroatoms. The van der Waals surface area contributed by atoms with E-state index in [9.17, 15) is 8.42 Å². The number of hydrogen-bond acceptors (Lipinski definition) is 10. The number of halogens is 1. The summed E-state index contributed by atoms with van der Waals surface area (Å²) in [6.45, 7) is 12.5. The Labute approximate surface area is 255 Å². The third-order valence-electron chi connectivity index (χ3n) is 7.46. The van der Waals surface area contributed by atoms with Gasteiger partial charge in [-0.3, -0.25) is 4.99 Å². The fourth-order valence-electron chi connectivity index (χ4n) is 5.18. The zero-order valence-corrected chi connectivity index (χ0v) is 27.0. The average Bonchev–Trinajstić information content (AvgIpc) is 3.74. The number of aromatic nitrogens is 2. The monoisotopic (exact) mass is 617 g/mol. The van der Waals surface area contributed by atoms with Crippen molar-refractivity contribution in [1.29, 1.82) is 0 Å². The first-order valence-corrected chi connectivity index (χ1v) is 16.7. The Morgan fingerprint density at radius 2 is 2.00 bits per heavy atom. The van der Waals surface area contributed by atoms with E-state index in [0.717, 1.165) is 43.8 Å². The molecular weight excluding hydrogens is 574 g/mol. The van der Waals surface area contributed by atoms with Crippen LogP contribution in [-0.4, -0.2) is 67.5 Å². The molecule has 4 rings (SSSR count). The van der Waals surface area contributed by atoms with Gasteiger partial charge in [-0.2, -0.15) is 4.98 Å². The van der Waals surface area contributed by atoms with Gasteiger partial charge < -0.3 is 26.0 Å². The standard InChI is InChI=1S/C30H44ClN7O3S/c1-18(2)17-42(39,40)28(32)26(15-33-6)35-29-24(31)14-34-30(37-29)36-25-12-20(5)23(13-27(25)41-22-9-10-22)21-8-7-11-38(16-21)19(3)4/h12-15,18-19,21-22H,7-11,16-17,32H2,1-6H3,(H2,34,35,36,37). The number of rotatable bonds is 12. The second-order valence-electron chi connectivity index (χ2n) is 11.9. The highest BCUT2D eigenvalue weighted by Crippen LogP contribution is 2.40. The van der Waals surface area contributed by atoms with Crippen molar-refractivity contribution in [1.82, 2.24) is 14.9 Å². The van der Waals surface area contributed by atoms with Crippen molar-refractivity contribution in [3.63, 3.8) is 0 Å². The van der Waals surface area contributed by atoms with Gasteiger partial charge in [0, 0.05) is 25.8 Å². The molecule has 0 radical (unpaired) electrons. The van der Waals surface area contributed by atoms with E-state index in [0.29, 0.717) is 12.0 Å². The number of anilines is 3. The molecule has 2 aromatic rings. The normalized spacial score (nSPS) is 18.9. The van der Waals surface area contributed by atoms with Crippen LogP contribution in [0.25, 0.3) is 0 Å². The van der Waals surface area contributed by atoms with Crippen molar-refractivity contribution in [3.05, 3.63) is 45.2 Å². The van der Waals surface area contributed by atoms with Gasteiger partial charge in [0.25, 0.3) is 0 Å². The molecule has 1 saturated heterocycles. The van der Waals surface area contributed by atoms with E-state index in [-0.39, 0.29) is 45.3 Å². The number of nitrogens with zero attached hydrogens (tertiary/aromatic N) is 4. The first-order valence-electron chi connectivity index (χ1n) is 14.6. The number of likely N-dealkylation sites (tertiary alicyclic amines) is 1. The third kappa shape index (κ3) is 8.14. The highest BCUT2D eigenvalue weighted by atomic mass is 35.5. The summed E-state index contributed by atoms with van der Waals surface area (Å²) in [6.07, 6.45) is 7.40. The summed E-state index contributed by atoms with van der Waals surface area (Å²) in [7, 11) is -2.20. The van der Waals surface area contributed by atoms with Crippen molar-refractivity contribution in [2.24, 2.45) is 16.6 Å². The van der Waals surface area contributed by atoms with Gasteiger partial charge in [0.05, 0.1) is 29.4 Å². The van der Waals surface area contributed by atoms with Crippen molar-refractivity contribution >= 4 is 45.1 Å². The van der Waals surface area contributed by atoms with Crippen molar-refractivity contribution < 1.29 is 13.2 Å². The van der Waals surface area contributed by atoms with Crippen molar-refractivity contribution in [2.75, 3.05) is 36.5 Å². The fraction of sp³-hybridized carbons (Fsp3) is 0.567. The molecule has 1 aliphatic carbocycles. The molecule has 1 aromatic heterocycles. The van der Waals surface area contributed by atoms with Crippen LogP contribution in [0.15, 0.2) is 34.0 Å². The predicted octanol–water partition coefficient (Wildman–Crippen LogP) is 5.62. The summed E-state index contributed by atoms with van der Waals surface area (Å²) in [5, 5.41) is 6.14. The SMILES string of the molecule is CN=CC(Nc1nc(Nc2cc(C)c(C3CCCN(C(C)C)C3)cc2OC2CC2)ncc1Cl)=C(N)S(=O)(=O)CC(C)C. The van der Waals surface area contributed by atoms with Crippen LogP contribution >= 0.6 is 11.6 Å². The third-order valence-corrected chi connectivity index (χ3v) is 9.74. The van der Waals surface area contributed by atoms with Crippen LogP contribution in [0.2, 0.25) is 5.02 Å². The number of nitrogens with one attached hydrogen (secondary N) is 2. The minimum Gasteiger partial charge on any atom is -0.488 e. The summed E-state index contributed by atoms with van der Waals surface area (Å²) in [5.74, 6) is 1.50. The maximum absolute atomic E-state index is 12.8. The Morgan fingerprint density at radius 1 is 1.26 bits per heavy atom. The number of aryl methyl sites for hydroxylation is 1. The lowest BCUT2D eigenvalue weighted by Gasteiger charge is -2.36. The Kier molecular flexibility index (Phi) is 10.4. The van der Waals surface area contributed by atoms with Gasteiger partial charge >= 0.3 is 0 Å². The van der Waals surface area contributed by atoms with Gasteiger partial charge in [-0.15, -0.1) is 0 Å². The van der Waals surface area contributed by atoms with Gasteiger partial charge in [-0.1, -0.05) is 25.4 Å². The maximum Gasteiger partial charge on any atom is 0.229 e. The minimum atomic E-state index is -3.73. The second-order valence-corrected chi connectivity index (χ2v) is 14.3. The van der Waals surface area contributed by atoms with Crippen LogP contribution < -0.4 is 21.1 Å². The molecule has 10 nitrogen and oxygen atoms in total. The molecule has 1 aromatic carbocycles. The van der Waals surface area contributed by atoms with E-state index in [1.165, 1.54) is 37.0 Å². The van der Waals surface area contributed by atoms with Crippen molar-refractivity contribution in [3.8, 4) is 5.75 Å². The minimum absolute atomic E-state index is 0.0885. The lowest BCUT2D eigenvalue weighted by Crippen LogP contribution is -2.39. The van der Waals surface area contributed by atoms with Crippen LogP contribution in [0.5, 0.6) is 5.75 Å². The molecule has 4 N–H and O–H groups in total. The Morgan fingerprint density at radius 3 is 2.64 bits per heavy atom. The van der Waals surface area contributed by atoms with Crippen LogP contribution in [0.1, 0.15) is 70.4 Å². The second kappa shape index (κ2) is 13.6. The number of nitrogens with two attached hydrogens (primary N) is 1. The Bertz CT molecular complexity index is 1440. The van der Waals surface area contributed by atoms with E-state index < -0.39 is 9.84 Å². The van der Waals surface area contributed by atoms with Crippen LogP contribution in [0.4, 0.5) is 17.5 Å². The quantitative estimate of drug-likeness (QED) is 0.259. The lowest BCUT2D eigenvalue weighted by molar-refractivity contribution is 0.167. The zero-order chi connectivity index (χ0) is 30.6. The van der Waals surface area contributed by atoms with Gasteiger partial charge in [0.1, 0.15) is 10.8 Å². The van der Waals surface area contributed by atoms with E-state index >= 15 is 0 Å². The summed E-state index contributed by atoms with van der Waals surface area (Å²) in [6, 6.07) is 4.79. The number of allylic oxidation sites excluding steroid dienone is 1. The summed E-state index contributed by atoms with van der Waals surface area (Å²) in [5.41, 5.74) is 9.44. The maximum atomic E-state index is 12.8. The largest absolute Gasteiger partial charge is 0.488 e. The molecule has 1 saturated carbocycles. The molecule has 0 spiro atoms. The molecule has 42 heavy (non-hydrogen) atoms. The van der Waals surface area contributed by atoms with Crippen LogP contribution in [0, 0.1) is 12.8 Å². The molecule has 1 atom stereocenters. The summed E-state index contributed by atoms with van der Waals surface area (Å²) < 4.78 is 32.0. The zero-order valence-electron chi connectivity index (χ0n) is 25.4. The molecular formula is C30H44ClN7O3S. The Hall–Kier alpha value is -2.89. The number of aliphatic imine (C=N–C) groups is 1. The topological polar surface area (TPSA) is 135 Å². The van der Waals surface area contributed by atoms with Crippen molar-refractivity contribution in [2.45, 2.75) is 78.4 Å². The van der Waals surface area contributed by atoms with Gasteiger partial charge in [-0.05, 0) is 88.1 Å². The average molecular weight is 618 g/mol. The molecule has 1 aliphatic heterocycles. The number of hydrogen-bond donors (Lipinski definition) is 3. The van der Waals surface area contributed by atoms with E-state index in [1.807, 2.05) is 13.8 Å². The smallest absolute Gasteiger partial charge is 0.229 e. The number of piperidine rings is 1. The summed E-state index contributed by atoms with van der Waals surface area (Å²) >= 11 is 6.42. The van der Waals surface area contributed by atoms with Gasteiger partial charge in [0.2, 0.25) is 5.95 Å². The molecule has 2 fully saturated rings. The van der Waals surface area contributed by atoms with E-state index in [2.05, 4.69) is 63.4 Å². The molecule has 1 unspecified atom stereocenters. The predicted molar refractivity (Wildman–Crippen MR) is 172 cm³/mol. The number of benzene rings is 1. The van der Waals surface area contributed by atoms with Gasteiger partial charge in [-0.25, -0.2) is 13.4 Å².